The first-order valence-corrected chi connectivity index (χ1v) is 4.54. The minimum absolute atomic E-state index is 0.778. The second-order valence-electron chi connectivity index (χ2n) is 2.59. The molecule has 0 amide bonds. The van der Waals surface area contributed by atoms with Gasteiger partial charge in [-0.3, -0.25) is 0 Å². The molecule has 2 nitrogen and oxygen atoms in total. The Balaban J connectivity index is 2.34. The molecule has 1 aromatic carbocycles. The Morgan fingerprint density at radius 2 is 2.00 bits per heavy atom. The first kappa shape index (κ1) is 8.10. The Morgan fingerprint density at radius 3 is 2.83 bits per heavy atom. The summed E-state index contributed by atoms with van der Waals surface area (Å²) in [5, 5.41) is 18.5. The minimum Gasteiger partial charge on any atom is -0.388 e. The van der Waals surface area contributed by atoms with E-state index in [0.29, 0.717) is 0 Å². The van der Waals surface area contributed by atoms with Crippen LogP contribution in [0.5, 0.6) is 0 Å². The molecule has 62 valence electrons. The molecule has 0 aliphatic carbocycles. The smallest absolute Gasteiger partial charge is 0.131 e. The van der Waals surface area contributed by atoms with E-state index in [9.17, 15) is 10.2 Å². The highest BCUT2D eigenvalue weighted by Gasteiger charge is 2.25. The van der Waals surface area contributed by atoms with Crippen LogP contribution in [0.3, 0.4) is 0 Å². The normalized spacial score (nSPS) is 28.2. The molecular formula is C9H8O2S. The maximum absolute atomic E-state index is 9.27. The third kappa shape index (κ3) is 1.35. The molecule has 1 aliphatic heterocycles. The first-order valence-electron chi connectivity index (χ1n) is 3.66. The number of hydrogen-bond donors (Lipinski definition) is 2. The van der Waals surface area contributed by atoms with Gasteiger partial charge in [-0.2, -0.15) is 0 Å². The van der Waals surface area contributed by atoms with Gasteiger partial charge in [0.1, 0.15) is 11.5 Å². The number of benzene rings is 1. The molecule has 2 atom stereocenters. The molecule has 1 aromatic rings. The average molecular weight is 180 g/mol. The molecule has 2 rings (SSSR count). The van der Waals surface area contributed by atoms with Gasteiger partial charge in [-0.25, -0.2) is 0 Å². The van der Waals surface area contributed by atoms with Crippen molar-refractivity contribution in [1.29, 1.82) is 0 Å². The van der Waals surface area contributed by atoms with Crippen LogP contribution in [-0.2, 0) is 0 Å². The zero-order valence-electron chi connectivity index (χ0n) is 6.27. The van der Waals surface area contributed by atoms with Crippen molar-refractivity contribution in [1.82, 2.24) is 0 Å². The van der Waals surface area contributed by atoms with Crippen molar-refractivity contribution < 1.29 is 10.2 Å². The maximum Gasteiger partial charge on any atom is 0.131 e. The predicted octanol–water partition coefficient (Wildman–Crippen LogP) is 0.901. The van der Waals surface area contributed by atoms with Crippen LogP contribution in [0, 0.1) is 6.42 Å². The van der Waals surface area contributed by atoms with Gasteiger partial charge >= 0.3 is 0 Å². The molecule has 1 heterocycles. The van der Waals surface area contributed by atoms with Crippen molar-refractivity contribution >= 4 is 11.8 Å². The molecule has 3 heteroatoms. The van der Waals surface area contributed by atoms with E-state index in [1.807, 2.05) is 24.3 Å². The fourth-order valence-electron chi connectivity index (χ4n) is 1.11. The molecule has 0 bridgehead atoms. The topological polar surface area (TPSA) is 40.5 Å². The largest absolute Gasteiger partial charge is 0.388 e. The van der Waals surface area contributed by atoms with E-state index in [-0.39, 0.29) is 0 Å². The second kappa shape index (κ2) is 3.09. The van der Waals surface area contributed by atoms with Gasteiger partial charge in [0.15, 0.2) is 0 Å². The van der Waals surface area contributed by atoms with Gasteiger partial charge in [0.05, 0.1) is 6.42 Å². The SMILES string of the molecule is OC1[C]c2ccccc2SC1O. The molecule has 2 unspecified atom stereocenters. The number of hydrogen-bond acceptors (Lipinski definition) is 3. The van der Waals surface area contributed by atoms with Gasteiger partial charge in [-0.15, -0.1) is 0 Å². The number of fused-ring (bicyclic) bond motifs is 1. The monoisotopic (exact) mass is 180 g/mol. The van der Waals surface area contributed by atoms with Crippen molar-refractivity contribution in [3.63, 3.8) is 0 Å². The molecule has 2 N–H and O–H groups in total. The van der Waals surface area contributed by atoms with E-state index >= 15 is 0 Å². The summed E-state index contributed by atoms with van der Waals surface area (Å²) < 4.78 is 0. The third-order valence-corrected chi connectivity index (χ3v) is 2.82. The number of rotatable bonds is 0. The molecule has 0 spiro atoms. The lowest BCUT2D eigenvalue weighted by atomic mass is 10.1. The van der Waals surface area contributed by atoms with Crippen LogP contribution in [0.25, 0.3) is 0 Å². The molecule has 0 saturated heterocycles. The van der Waals surface area contributed by atoms with Gasteiger partial charge in [-0.1, -0.05) is 30.0 Å². The molecular weight excluding hydrogens is 172 g/mol. The highest BCUT2D eigenvalue weighted by Crippen LogP contribution is 2.34. The Hall–Kier alpha value is -0.510. The van der Waals surface area contributed by atoms with Gasteiger partial charge in [-0.05, 0) is 11.6 Å². The fourth-order valence-corrected chi connectivity index (χ4v) is 1.98. The molecule has 2 radical (unpaired) electrons. The van der Waals surface area contributed by atoms with Crippen LogP contribution >= 0.6 is 11.8 Å². The van der Waals surface area contributed by atoms with E-state index < -0.39 is 11.5 Å². The second-order valence-corrected chi connectivity index (χ2v) is 3.75. The summed E-state index contributed by atoms with van der Waals surface area (Å²) in [5.74, 6) is 0. The lowest BCUT2D eigenvalue weighted by Crippen LogP contribution is -2.26. The third-order valence-electron chi connectivity index (χ3n) is 1.71. The average Bonchev–Trinajstić information content (AvgIpc) is 2.07. The van der Waals surface area contributed by atoms with E-state index in [2.05, 4.69) is 6.42 Å². The minimum atomic E-state index is -0.870. The number of aliphatic hydroxyl groups excluding tert-OH is 2. The Bertz CT molecular complexity index is 259. The van der Waals surface area contributed by atoms with Crippen molar-refractivity contribution in [3.05, 3.63) is 36.2 Å². The zero-order valence-corrected chi connectivity index (χ0v) is 7.08. The Labute approximate surface area is 75.2 Å². The number of aliphatic hydroxyl groups is 2. The lowest BCUT2D eigenvalue weighted by molar-refractivity contribution is 0.0963. The summed E-state index contributed by atoms with van der Waals surface area (Å²) in [7, 11) is 0. The zero-order chi connectivity index (χ0) is 8.55. The van der Waals surface area contributed by atoms with Crippen molar-refractivity contribution in [2.24, 2.45) is 0 Å². The van der Waals surface area contributed by atoms with Crippen LogP contribution < -0.4 is 0 Å². The highest BCUT2D eigenvalue weighted by atomic mass is 32.2. The lowest BCUT2D eigenvalue weighted by Gasteiger charge is -2.23. The Kier molecular flexibility index (Phi) is 2.09. The summed E-state index contributed by atoms with van der Waals surface area (Å²) >= 11 is 1.26. The van der Waals surface area contributed by atoms with E-state index in [0.717, 1.165) is 10.5 Å². The summed E-state index contributed by atoms with van der Waals surface area (Å²) in [5.41, 5.74) is 0.0974. The Morgan fingerprint density at radius 1 is 1.25 bits per heavy atom. The highest BCUT2D eigenvalue weighted by molar-refractivity contribution is 8.00. The van der Waals surface area contributed by atoms with Crippen LogP contribution in [-0.4, -0.2) is 21.8 Å². The van der Waals surface area contributed by atoms with Gasteiger partial charge in [0.25, 0.3) is 0 Å². The standard InChI is InChI=1S/C9H8O2S/c10-7-5-6-3-1-2-4-8(6)12-9(7)11/h1-4,7,9-11H. The molecule has 0 saturated carbocycles. The van der Waals surface area contributed by atoms with Gasteiger partial charge < -0.3 is 10.2 Å². The van der Waals surface area contributed by atoms with Crippen LogP contribution in [0.2, 0.25) is 0 Å². The quantitative estimate of drug-likeness (QED) is 0.623. The summed E-state index contributed by atoms with van der Waals surface area (Å²) in [6.07, 6.45) is 1.92. The molecule has 1 aliphatic rings. The van der Waals surface area contributed by atoms with Crippen LogP contribution in [0.4, 0.5) is 0 Å². The summed E-state index contributed by atoms with van der Waals surface area (Å²) in [6.45, 7) is 0. The number of thioether (sulfide) groups is 1. The van der Waals surface area contributed by atoms with Crippen molar-refractivity contribution in [2.75, 3.05) is 0 Å². The summed E-state index contributed by atoms with van der Waals surface area (Å²) in [4.78, 5) is 0.968. The summed E-state index contributed by atoms with van der Waals surface area (Å²) in [6, 6.07) is 7.56. The molecule has 0 fully saturated rings. The maximum atomic E-state index is 9.27. The van der Waals surface area contributed by atoms with Crippen LogP contribution in [0.1, 0.15) is 5.56 Å². The van der Waals surface area contributed by atoms with E-state index in [1.54, 1.807) is 0 Å². The van der Waals surface area contributed by atoms with E-state index in [4.69, 9.17) is 0 Å². The molecule has 12 heavy (non-hydrogen) atoms. The molecule has 0 aromatic heterocycles. The van der Waals surface area contributed by atoms with Gasteiger partial charge in [0, 0.05) is 4.90 Å². The van der Waals surface area contributed by atoms with Crippen LogP contribution in [0.15, 0.2) is 29.2 Å². The van der Waals surface area contributed by atoms with Crippen molar-refractivity contribution in [2.45, 2.75) is 16.4 Å². The van der Waals surface area contributed by atoms with Crippen molar-refractivity contribution in [3.8, 4) is 0 Å². The van der Waals surface area contributed by atoms with Gasteiger partial charge in [0.2, 0.25) is 0 Å². The predicted molar refractivity (Wildman–Crippen MR) is 46.7 cm³/mol. The first-order chi connectivity index (χ1) is 5.77. The fraction of sp³-hybridized carbons (Fsp3) is 0.222. The van der Waals surface area contributed by atoms with E-state index in [1.165, 1.54) is 11.8 Å².